The third-order valence-electron chi connectivity index (χ3n) is 3.49. The number of carbonyl (C=O) groups is 1. The zero-order valence-electron chi connectivity index (χ0n) is 10.6. The van der Waals surface area contributed by atoms with Gasteiger partial charge in [-0.25, -0.2) is 0 Å². The van der Waals surface area contributed by atoms with Gasteiger partial charge in [-0.05, 0) is 44.4 Å². The Bertz CT molecular complexity index is 392. The van der Waals surface area contributed by atoms with E-state index in [1.165, 1.54) is 12.8 Å². The van der Waals surface area contributed by atoms with Crippen LogP contribution in [0.5, 0.6) is 0 Å². The number of rotatable bonds is 3. The van der Waals surface area contributed by atoms with Crippen LogP contribution in [0, 0.1) is 12.8 Å². The molecule has 2 atom stereocenters. The molecule has 0 radical (unpaired) electrons. The Morgan fingerprint density at radius 3 is 2.78 bits per heavy atom. The molecule has 1 aromatic heterocycles. The van der Waals surface area contributed by atoms with Crippen molar-refractivity contribution in [2.45, 2.75) is 38.6 Å². The Hall–Kier alpha value is -1.00. The number of nitrogens with one attached hydrogen (secondary N) is 1. The Morgan fingerprint density at radius 1 is 1.44 bits per heavy atom. The SMILES string of the molecule is Cc1ccc(C(=O)NC2CCCCC2CN)o1.Cl. The molecule has 2 unspecified atom stereocenters. The topological polar surface area (TPSA) is 68.3 Å². The van der Waals surface area contributed by atoms with Gasteiger partial charge in [0, 0.05) is 6.04 Å². The van der Waals surface area contributed by atoms with Gasteiger partial charge in [0.15, 0.2) is 5.76 Å². The molecular formula is C13H21ClN2O2. The van der Waals surface area contributed by atoms with Crippen LogP contribution in [0.15, 0.2) is 16.5 Å². The molecular weight excluding hydrogens is 252 g/mol. The first-order valence-electron chi connectivity index (χ1n) is 6.28. The molecule has 4 nitrogen and oxygen atoms in total. The van der Waals surface area contributed by atoms with Crippen molar-refractivity contribution < 1.29 is 9.21 Å². The van der Waals surface area contributed by atoms with Crippen LogP contribution in [-0.4, -0.2) is 18.5 Å². The van der Waals surface area contributed by atoms with E-state index in [0.29, 0.717) is 18.2 Å². The van der Waals surface area contributed by atoms with E-state index < -0.39 is 0 Å². The van der Waals surface area contributed by atoms with Gasteiger partial charge >= 0.3 is 0 Å². The molecule has 1 amide bonds. The van der Waals surface area contributed by atoms with Crippen molar-refractivity contribution in [2.24, 2.45) is 11.7 Å². The number of furan rings is 1. The summed E-state index contributed by atoms with van der Waals surface area (Å²) in [6.07, 6.45) is 4.51. The molecule has 1 aromatic rings. The van der Waals surface area contributed by atoms with Gasteiger partial charge < -0.3 is 15.5 Å². The van der Waals surface area contributed by atoms with Gasteiger partial charge in [0.2, 0.25) is 0 Å². The average molecular weight is 273 g/mol. The van der Waals surface area contributed by atoms with Crippen molar-refractivity contribution in [2.75, 3.05) is 6.54 Å². The normalized spacial score (nSPS) is 23.2. The fourth-order valence-corrected chi connectivity index (χ4v) is 2.48. The third-order valence-corrected chi connectivity index (χ3v) is 3.49. The van der Waals surface area contributed by atoms with Crippen molar-refractivity contribution in [1.29, 1.82) is 0 Å². The highest BCUT2D eigenvalue weighted by molar-refractivity contribution is 5.91. The zero-order valence-corrected chi connectivity index (χ0v) is 11.5. The molecule has 102 valence electrons. The fraction of sp³-hybridized carbons (Fsp3) is 0.615. The third kappa shape index (κ3) is 3.50. The Balaban J connectivity index is 0.00000162. The van der Waals surface area contributed by atoms with Crippen LogP contribution < -0.4 is 11.1 Å². The lowest BCUT2D eigenvalue weighted by atomic mass is 9.84. The van der Waals surface area contributed by atoms with Gasteiger partial charge in [0.1, 0.15) is 5.76 Å². The van der Waals surface area contributed by atoms with Gasteiger partial charge in [0.05, 0.1) is 0 Å². The summed E-state index contributed by atoms with van der Waals surface area (Å²) in [5.41, 5.74) is 5.74. The summed E-state index contributed by atoms with van der Waals surface area (Å²) in [5, 5.41) is 3.04. The van der Waals surface area contributed by atoms with E-state index in [4.69, 9.17) is 10.2 Å². The molecule has 0 saturated heterocycles. The van der Waals surface area contributed by atoms with Gasteiger partial charge in [-0.15, -0.1) is 12.4 Å². The molecule has 18 heavy (non-hydrogen) atoms. The highest BCUT2D eigenvalue weighted by atomic mass is 35.5. The molecule has 0 spiro atoms. The van der Waals surface area contributed by atoms with E-state index in [0.717, 1.165) is 18.6 Å². The number of halogens is 1. The number of nitrogens with two attached hydrogens (primary N) is 1. The lowest BCUT2D eigenvalue weighted by molar-refractivity contribution is 0.0878. The van der Waals surface area contributed by atoms with Gasteiger partial charge in [-0.2, -0.15) is 0 Å². The van der Waals surface area contributed by atoms with Gasteiger partial charge in [0.25, 0.3) is 5.91 Å². The quantitative estimate of drug-likeness (QED) is 0.887. The maximum Gasteiger partial charge on any atom is 0.287 e. The highest BCUT2D eigenvalue weighted by Crippen LogP contribution is 2.23. The van der Waals surface area contributed by atoms with Crippen molar-refractivity contribution >= 4 is 18.3 Å². The van der Waals surface area contributed by atoms with Crippen LogP contribution in [0.2, 0.25) is 0 Å². The summed E-state index contributed by atoms with van der Waals surface area (Å²) in [6, 6.07) is 3.72. The zero-order chi connectivity index (χ0) is 12.3. The minimum atomic E-state index is -0.122. The lowest BCUT2D eigenvalue weighted by Crippen LogP contribution is -2.44. The summed E-state index contributed by atoms with van der Waals surface area (Å²) in [5.74, 6) is 1.44. The van der Waals surface area contributed by atoms with Crippen LogP contribution >= 0.6 is 12.4 Å². The van der Waals surface area contributed by atoms with Crippen LogP contribution in [0.4, 0.5) is 0 Å². The van der Waals surface area contributed by atoms with E-state index in [2.05, 4.69) is 5.32 Å². The highest BCUT2D eigenvalue weighted by Gasteiger charge is 2.26. The molecule has 0 aromatic carbocycles. The molecule has 0 bridgehead atoms. The average Bonchev–Trinajstić information content (AvgIpc) is 2.77. The largest absolute Gasteiger partial charge is 0.456 e. The van der Waals surface area contributed by atoms with Crippen molar-refractivity contribution in [3.63, 3.8) is 0 Å². The van der Waals surface area contributed by atoms with E-state index in [1.54, 1.807) is 12.1 Å². The Labute approximate surface area is 114 Å². The number of amides is 1. The number of hydrogen-bond donors (Lipinski definition) is 2. The molecule has 2 rings (SSSR count). The maximum atomic E-state index is 11.9. The van der Waals surface area contributed by atoms with E-state index in [-0.39, 0.29) is 24.4 Å². The number of carbonyl (C=O) groups excluding carboxylic acids is 1. The Morgan fingerprint density at radius 2 is 2.17 bits per heavy atom. The van der Waals surface area contributed by atoms with E-state index >= 15 is 0 Å². The second kappa shape index (κ2) is 6.81. The van der Waals surface area contributed by atoms with Crippen LogP contribution in [-0.2, 0) is 0 Å². The van der Waals surface area contributed by atoms with Crippen molar-refractivity contribution in [3.8, 4) is 0 Å². The monoisotopic (exact) mass is 272 g/mol. The molecule has 1 heterocycles. The molecule has 1 aliphatic rings. The maximum absolute atomic E-state index is 11.9. The van der Waals surface area contributed by atoms with Gasteiger partial charge in [-0.1, -0.05) is 12.8 Å². The summed E-state index contributed by atoms with van der Waals surface area (Å²) in [6.45, 7) is 2.47. The first kappa shape index (κ1) is 15.1. The molecule has 1 aliphatic carbocycles. The second-order valence-electron chi connectivity index (χ2n) is 4.77. The molecule has 0 aliphatic heterocycles. The lowest BCUT2D eigenvalue weighted by Gasteiger charge is -2.30. The van der Waals surface area contributed by atoms with Crippen LogP contribution in [0.25, 0.3) is 0 Å². The predicted molar refractivity (Wildman–Crippen MR) is 73.0 cm³/mol. The number of hydrogen-bond acceptors (Lipinski definition) is 3. The van der Waals surface area contributed by atoms with E-state index in [9.17, 15) is 4.79 Å². The molecule has 3 N–H and O–H groups in total. The smallest absolute Gasteiger partial charge is 0.287 e. The summed E-state index contributed by atoms with van der Waals surface area (Å²) in [4.78, 5) is 11.9. The molecule has 1 saturated carbocycles. The van der Waals surface area contributed by atoms with Gasteiger partial charge in [-0.3, -0.25) is 4.79 Å². The second-order valence-corrected chi connectivity index (χ2v) is 4.77. The first-order chi connectivity index (χ1) is 8.20. The standard InChI is InChI=1S/C13H20N2O2.ClH/c1-9-6-7-12(17-9)13(16)15-11-5-3-2-4-10(11)8-14;/h6-7,10-11H,2-5,8,14H2,1H3,(H,15,16);1H. The summed E-state index contributed by atoms with van der Waals surface area (Å²) >= 11 is 0. The minimum Gasteiger partial charge on any atom is -0.456 e. The van der Waals surface area contributed by atoms with Crippen molar-refractivity contribution in [3.05, 3.63) is 23.7 Å². The summed E-state index contributed by atoms with van der Waals surface area (Å²) < 4.78 is 5.31. The summed E-state index contributed by atoms with van der Waals surface area (Å²) in [7, 11) is 0. The van der Waals surface area contributed by atoms with Crippen molar-refractivity contribution in [1.82, 2.24) is 5.32 Å². The number of aryl methyl sites for hydroxylation is 1. The predicted octanol–water partition coefficient (Wildman–Crippen LogP) is 2.26. The fourth-order valence-electron chi connectivity index (χ4n) is 2.48. The molecule has 5 heteroatoms. The van der Waals surface area contributed by atoms with Crippen LogP contribution in [0.3, 0.4) is 0 Å². The Kier molecular flexibility index (Phi) is 5.69. The van der Waals surface area contributed by atoms with E-state index in [1.807, 2.05) is 6.92 Å². The van der Waals surface area contributed by atoms with Crippen LogP contribution in [0.1, 0.15) is 42.0 Å². The minimum absolute atomic E-state index is 0. The molecule has 1 fully saturated rings. The first-order valence-corrected chi connectivity index (χ1v) is 6.28.